The first-order valence-electron chi connectivity index (χ1n) is 6.65. The fraction of sp³-hybridized carbons (Fsp3) is 0.200. The smallest absolute Gasteiger partial charge is 0.267 e. The van der Waals surface area contributed by atoms with E-state index in [-0.39, 0.29) is 28.7 Å². The fourth-order valence-corrected chi connectivity index (χ4v) is 3.05. The highest BCUT2D eigenvalue weighted by Crippen LogP contribution is 2.09. The molecule has 0 fully saturated rings. The summed E-state index contributed by atoms with van der Waals surface area (Å²) in [5, 5.41) is 2.52. The zero-order valence-corrected chi connectivity index (χ0v) is 12.8. The van der Waals surface area contributed by atoms with Crippen LogP contribution >= 0.6 is 0 Å². The molecule has 22 heavy (non-hydrogen) atoms. The van der Waals surface area contributed by atoms with E-state index >= 15 is 0 Å². The minimum Gasteiger partial charge on any atom is -0.356 e. The van der Waals surface area contributed by atoms with Gasteiger partial charge < -0.3 is 10.3 Å². The number of ketones is 1. The van der Waals surface area contributed by atoms with Crippen LogP contribution in [0.25, 0.3) is 0 Å². The third-order valence-corrected chi connectivity index (χ3v) is 4.82. The molecule has 0 aliphatic rings. The molecule has 0 aliphatic heterocycles. The lowest BCUT2D eigenvalue weighted by Gasteiger charge is -2.05. The van der Waals surface area contributed by atoms with Gasteiger partial charge >= 0.3 is 0 Å². The van der Waals surface area contributed by atoms with Gasteiger partial charge in [0.25, 0.3) is 5.91 Å². The predicted octanol–water partition coefficient (Wildman–Crippen LogP) is 1.42. The molecule has 6 nitrogen and oxygen atoms in total. The molecule has 1 heterocycles. The third-order valence-electron chi connectivity index (χ3n) is 3.09. The van der Waals surface area contributed by atoms with E-state index in [0.717, 1.165) is 0 Å². The molecule has 2 aromatic rings. The van der Waals surface area contributed by atoms with E-state index < -0.39 is 15.7 Å². The minimum absolute atomic E-state index is 0.00944. The number of nitrogens with one attached hydrogen (secondary N) is 2. The van der Waals surface area contributed by atoms with E-state index in [1.807, 2.05) is 0 Å². The highest BCUT2D eigenvalue weighted by molar-refractivity contribution is 7.91. The van der Waals surface area contributed by atoms with Crippen molar-refractivity contribution in [3.63, 3.8) is 0 Å². The van der Waals surface area contributed by atoms with Gasteiger partial charge in [-0.1, -0.05) is 18.2 Å². The van der Waals surface area contributed by atoms with Crippen molar-refractivity contribution in [2.75, 3.05) is 12.3 Å². The topological polar surface area (TPSA) is 96.1 Å². The Kier molecular flexibility index (Phi) is 4.77. The number of aromatic amines is 1. The Labute approximate surface area is 128 Å². The molecule has 0 saturated heterocycles. The first-order chi connectivity index (χ1) is 10.4. The molecule has 0 radical (unpaired) electrons. The van der Waals surface area contributed by atoms with Crippen LogP contribution in [0.1, 0.15) is 27.8 Å². The molecule has 0 spiro atoms. The number of H-pyrrole nitrogens is 1. The lowest BCUT2D eigenvalue weighted by molar-refractivity contribution is 0.0951. The lowest BCUT2D eigenvalue weighted by atomic mass is 10.2. The maximum atomic E-state index is 12.0. The first-order valence-corrected chi connectivity index (χ1v) is 8.31. The van der Waals surface area contributed by atoms with Crippen molar-refractivity contribution in [2.24, 2.45) is 0 Å². The van der Waals surface area contributed by atoms with Crippen LogP contribution in [0.4, 0.5) is 0 Å². The summed E-state index contributed by atoms with van der Waals surface area (Å²) < 4.78 is 24.1. The van der Waals surface area contributed by atoms with Gasteiger partial charge in [-0.3, -0.25) is 9.59 Å². The number of hydrogen-bond acceptors (Lipinski definition) is 4. The average Bonchev–Trinajstić information content (AvgIpc) is 2.98. The minimum atomic E-state index is -3.43. The number of amides is 1. The second kappa shape index (κ2) is 6.57. The van der Waals surface area contributed by atoms with Crippen molar-refractivity contribution in [1.82, 2.24) is 10.3 Å². The van der Waals surface area contributed by atoms with Gasteiger partial charge in [-0.25, -0.2) is 8.42 Å². The maximum Gasteiger partial charge on any atom is 0.267 e. The van der Waals surface area contributed by atoms with Crippen molar-refractivity contribution in [3.8, 4) is 0 Å². The average molecular weight is 320 g/mol. The molecule has 2 rings (SSSR count). The van der Waals surface area contributed by atoms with Gasteiger partial charge in [0.1, 0.15) is 5.69 Å². The predicted molar refractivity (Wildman–Crippen MR) is 81.6 cm³/mol. The summed E-state index contributed by atoms with van der Waals surface area (Å²) in [6.45, 7) is 1.39. The number of rotatable bonds is 6. The van der Waals surface area contributed by atoms with Crippen LogP contribution in [0.2, 0.25) is 0 Å². The summed E-state index contributed by atoms with van der Waals surface area (Å²) in [6, 6.07) is 9.49. The molecule has 0 bridgehead atoms. The Morgan fingerprint density at radius 3 is 2.45 bits per heavy atom. The molecule has 0 saturated carbocycles. The number of sulfone groups is 1. The van der Waals surface area contributed by atoms with Gasteiger partial charge in [-0.15, -0.1) is 0 Å². The monoisotopic (exact) mass is 320 g/mol. The highest BCUT2D eigenvalue weighted by Gasteiger charge is 2.15. The second-order valence-electron chi connectivity index (χ2n) is 4.75. The van der Waals surface area contributed by atoms with Gasteiger partial charge in [-0.05, 0) is 25.1 Å². The van der Waals surface area contributed by atoms with Crippen LogP contribution in [-0.4, -0.2) is 37.4 Å². The van der Waals surface area contributed by atoms with Gasteiger partial charge in [0.2, 0.25) is 0 Å². The van der Waals surface area contributed by atoms with Crippen molar-refractivity contribution in [3.05, 3.63) is 53.9 Å². The Balaban J connectivity index is 1.93. The molecule has 0 unspecified atom stereocenters. The number of benzene rings is 1. The third kappa shape index (κ3) is 3.82. The summed E-state index contributed by atoms with van der Waals surface area (Å²) in [6.07, 6.45) is 1.44. The SMILES string of the molecule is CC(=O)c1c[nH]c(C(=O)NCCS(=O)(=O)c2ccccc2)c1. The van der Waals surface area contributed by atoms with E-state index in [2.05, 4.69) is 10.3 Å². The molecular weight excluding hydrogens is 304 g/mol. The molecule has 2 N–H and O–H groups in total. The first kappa shape index (κ1) is 16.0. The molecule has 116 valence electrons. The van der Waals surface area contributed by atoms with Crippen molar-refractivity contribution in [1.29, 1.82) is 0 Å². The number of hydrogen-bond donors (Lipinski definition) is 2. The van der Waals surface area contributed by atoms with Crippen LogP contribution in [0.5, 0.6) is 0 Å². The van der Waals surface area contributed by atoms with Crippen LogP contribution < -0.4 is 5.32 Å². The van der Waals surface area contributed by atoms with Crippen LogP contribution in [0.3, 0.4) is 0 Å². The van der Waals surface area contributed by atoms with Crippen LogP contribution in [0.15, 0.2) is 47.5 Å². The van der Waals surface area contributed by atoms with E-state index in [9.17, 15) is 18.0 Å². The molecule has 1 aromatic heterocycles. The lowest BCUT2D eigenvalue weighted by Crippen LogP contribution is -2.29. The zero-order valence-electron chi connectivity index (χ0n) is 12.0. The highest BCUT2D eigenvalue weighted by atomic mass is 32.2. The van der Waals surface area contributed by atoms with Crippen molar-refractivity contribution < 1.29 is 18.0 Å². The zero-order chi connectivity index (χ0) is 16.2. The van der Waals surface area contributed by atoms with E-state index in [1.54, 1.807) is 18.2 Å². The standard InChI is InChI=1S/C15H16N2O4S/c1-11(18)12-9-14(17-10-12)15(19)16-7-8-22(20,21)13-5-3-2-4-6-13/h2-6,9-10,17H,7-8H2,1H3,(H,16,19). The molecule has 1 aromatic carbocycles. The Morgan fingerprint density at radius 1 is 1.18 bits per heavy atom. The largest absolute Gasteiger partial charge is 0.356 e. The number of carbonyl (C=O) groups excluding carboxylic acids is 2. The summed E-state index contributed by atoms with van der Waals surface area (Å²) in [4.78, 5) is 25.9. The van der Waals surface area contributed by atoms with Gasteiger partial charge in [-0.2, -0.15) is 0 Å². The van der Waals surface area contributed by atoms with Gasteiger partial charge in [0.15, 0.2) is 15.6 Å². The number of Topliss-reactive ketones (excluding diaryl/α,β-unsaturated/α-hetero) is 1. The second-order valence-corrected chi connectivity index (χ2v) is 6.86. The summed E-state index contributed by atoms with van der Waals surface area (Å²) in [5.41, 5.74) is 0.629. The molecular formula is C15H16N2O4S. The molecule has 1 amide bonds. The quantitative estimate of drug-likeness (QED) is 0.787. The Morgan fingerprint density at radius 2 is 1.86 bits per heavy atom. The van der Waals surface area contributed by atoms with Crippen LogP contribution in [-0.2, 0) is 9.84 Å². The normalized spacial score (nSPS) is 11.1. The Bertz CT molecular complexity index is 779. The van der Waals surface area contributed by atoms with E-state index in [4.69, 9.17) is 0 Å². The van der Waals surface area contributed by atoms with Crippen molar-refractivity contribution in [2.45, 2.75) is 11.8 Å². The number of carbonyl (C=O) groups is 2. The fourth-order valence-electron chi connectivity index (χ4n) is 1.87. The summed E-state index contributed by atoms with van der Waals surface area (Å²) in [5.74, 6) is -0.791. The van der Waals surface area contributed by atoms with Crippen LogP contribution in [0, 0.1) is 0 Å². The molecule has 0 aliphatic carbocycles. The summed E-state index contributed by atoms with van der Waals surface area (Å²) in [7, 11) is -3.43. The van der Waals surface area contributed by atoms with Gasteiger partial charge in [0.05, 0.1) is 10.6 Å². The molecule has 0 atom stereocenters. The van der Waals surface area contributed by atoms with Gasteiger partial charge in [0, 0.05) is 18.3 Å². The summed E-state index contributed by atoms with van der Waals surface area (Å²) >= 11 is 0. The molecule has 7 heteroatoms. The van der Waals surface area contributed by atoms with E-state index in [1.165, 1.54) is 31.3 Å². The Hall–Kier alpha value is -2.41. The van der Waals surface area contributed by atoms with Crippen molar-refractivity contribution >= 4 is 21.5 Å². The van der Waals surface area contributed by atoms with E-state index in [0.29, 0.717) is 5.56 Å². The maximum absolute atomic E-state index is 12.0. The number of aromatic nitrogens is 1.